The highest BCUT2D eigenvalue weighted by Crippen LogP contribution is 2.56. The number of aromatic nitrogens is 4. The van der Waals surface area contributed by atoms with Crippen molar-refractivity contribution in [2.75, 3.05) is 24.4 Å². The van der Waals surface area contributed by atoms with E-state index in [1.54, 1.807) is 42.5 Å². The molecule has 15 heteroatoms. The summed E-state index contributed by atoms with van der Waals surface area (Å²) < 4.78 is 81.3. The molecule has 4 aliphatic carbocycles. The predicted octanol–water partition coefficient (Wildman–Crippen LogP) is 11.7. The molecule has 0 saturated heterocycles. The molecule has 362 valence electrons. The molecule has 0 amide bonds. The number of nitrogens with zero attached hydrogens (tertiary/aromatic N) is 4. The molecular formula is C54H56F4N4O5S2. The van der Waals surface area contributed by atoms with Crippen LogP contribution in [-0.4, -0.2) is 58.4 Å². The monoisotopic (exact) mass is 980 g/mol. The zero-order chi connectivity index (χ0) is 48.6. The molecule has 4 aromatic carbocycles. The quantitative estimate of drug-likeness (QED) is 0.0921. The van der Waals surface area contributed by atoms with Gasteiger partial charge in [0.05, 0.1) is 58.2 Å². The summed E-state index contributed by atoms with van der Waals surface area (Å²) in [5.41, 5.74) is 9.09. The highest BCUT2D eigenvalue weighted by Gasteiger charge is 2.48. The van der Waals surface area contributed by atoms with E-state index in [1.807, 2.05) is 28.0 Å². The molecule has 9 nitrogen and oxygen atoms in total. The summed E-state index contributed by atoms with van der Waals surface area (Å²) in [7, 11) is -1.23. The molecule has 4 aliphatic rings. The predicted molar refractivity (Wildman–Crippen MR) is 263 cm³/mol. The highest BCUT2D eigenvalue weighted by atomic mass is 32.2. The third-order valence-electron chi connectivity index (χ3n) is 14.7. The molecule has 0 bridgehead atoms. The Bertz CT molecular complexity index is 2920. The second kappa shape index (κ2) is 20.1. The summed E-state index contributed by atoms with van der Waals surface area (Å²) in [6, 6.07) is 21.7. The van der Waals surface area contributed by atoms with Crippen LogP contribution in [0.25, 0.3) is 23.5 Å². The Morgan fingerprint density at radius 3 is 1.55 bits per heavy atom. The van der Waals surface area contributed by atoms with Gasteiger partial charge in [0.25, 0.3) is 0 Å². The van der Waals surface area contributed by atoms with Crippen molar-refractivity contribution in [1.29, 1.82) is 0 Å². The molecule has 0 spiro atoms. The Kier molecular flexibility index (Phi) is 14.1. The average molecular weight is 981 g/mol. The van der Waals surface area contributed by atoms with E-state index in [0.29, 0.717) is 17.1 Å². The fourth-order valence-corrected chi connectivity index (χ4v) is 11.6. The Labute approximate surface area is 406 Å². The molecule has 2 N–H and O–H groups in total. The van der Waals surface area contributed by atoms with Crippen LogP contribution in [0.2, 0.25) is 0 Å². The maximum absolute atomic E-state index is 14.3. The summed E-state index contributed by atoms with van der Waals surface area (Å²) in [5, 5.41) is 32.1. The van der Waals surface area contributed by atoms with Crippen molar-refractivity contribution in [3.63, 3.8) is 0 Å². The van der Waals surface area contributed by atoms with Crippen molar-refractivity contribution in [2.24, 2.45) is 22.7 Å². The SMILES string of the molecule is CS(=O)COc1cc([C@H](O)[C@H]2CCCC3=Cc4c(cnn4-c4ccc(F)cc4)C[C@@]32C)ccc1F.CSCOc1cc([C@H](O)[C@H]2CCCC3=Cc4c(cnn4-c4ccc(F)cc4)C[C@@]32C)ccc1F. The standard InChI is InChI=1S/C27H28F2N2O3S.C27H28F2N2O2S/c1-27-14-18-15-30-31(21-9-7-20(28)8-10-21)24(18)13-19(27)4-3-5-22(27)26(32)17-6-11-23(29)25(12-17)34-16-35(2)33;1-27-14-18-15-30-31(21-9-7-20(28)8-10-21)24(18)13-19(27)4-3-5-22(27)26(32)17-6-11-23(29)25(12-17)33-16-34-2/h6-13,15,22,26,32H,3-5,14,16H2,1-2H3;6-13,15,22,26,32H,3-5,14,16H2,1-2H3/t22-,26+,27+,35?;22-,26+,27+/m11/s1. The van der Waals surface area contributed by atoms with Crippen LogP contribution in [0.3, 0.4) is 0 Å². The van der Waals surface area contributed by atoms with Gasteiger partial charge in [-0.1, -0.05) is 37.1 Å². The van der Waals surface area contributed by atoms with Gasteiger partial charge in [-0.25, -0.2) is 26.9 Å². The number of thioether (sulfide) groups is 1. The normalized spacial score (nSPS) is 22.8. The zero-order valence-corrected chi connectivity index (χ0v) is 40.6. The van der Waals surface area contributed by atoms with E-state index < -0.39 is 34.6 Å². The summed E-state index contributed by atoms with van der Waals surface area (Å²) in [5.74, 6) is -1.21. The molecule has 0 aliphatic heterocycles. The molecule has 2 saturated carbocycles. The lowest BCUT2D eigenvalue weighted by atomic mass is 9.57. The van der Waals surface area contributed by atoms with Gasteiger partial charge in [-0.05, 0) is 187 Å². The smallest absolute Gasteiger partial charge is 0.165 e. The van der Waals surface area contributed by atoms with Crippen LogP contribution in [0.4, 0.5) is 17.6 Å². The number of hydrogen-bond donors (Lipinski definition) is 2. The van der Waals surface area contributed by atoms with Crippen LogP contribution in [0.5, 0.6) is 11.5 Å². The average Bonchev–Trinajstić information content (AvgIpc) is 3.94. The number of hydrogen-bond acceptors (Lipinski definition) is 8. The van der Waals surface area contributed by atoms with Crippen molar-refractivity contribution < 1.29 is 41.5 Å². The minimum Gasteiger partial charge on any atom is -0.480 e. The van der Waals surface area contributed by atoms with Crippen molar-refractivity contribution in [3.8, 4) is 22.9 Å². The zero-order valence-electron chi connectivity index (χ0n) is 39.0. The Morgan fingerprint density at radius 2 is 1.13 bits per heavy atom. The van der Waals surface area contributed by atoms with Crippen molar-refractivity contribution in [2.45, 2.75) is 77.4 Å². The first-order chi connectivity index (χ1) is 33.2. The topological polar surface area (TPSA) is 112 Å². The number of halogens is 4. The van der Waals surface area contributed by atoms with Gasteiger partial charge in [0.2, 0.25) is 0 Å². The van der Waals surface area contributed by atoms with Crippen LogP contribution < -0.4 is 9.47 Å². The summed E-state index contributed by atoms with van der Waals surface area (Å²) in [4.78, 5) is 0. The molecule has 6 aromatic rings. The molecule has 2 heterocycles. The van der Waals surface area contributed by atoms with Gasteiger partial charge in [0, 0.05) is 6.26 Å². The lowest BCUT2D eigenvalue weighted by molar-refractivity contribution is 0.0213. The second-order valence-corrected chi connectivity index (χ2v) is 21.3. The second-order valence-electron chi connectivity index (χ2n) is 19.1. The summed E-state index contributed by atoms with van der Waals surface area (Å²) >= 11 is 1.47. The third-order valence-corrected chi connectivity index (χ3v) is 15.6. The number of benzene rings is 4. The first-order valence-electron chi connectivity index (χ1n) is 23.2. The fraction of sp³-hybridized carbons (Fsp3) is 0.370. The fourth-order valence-electron chi connectivity index (χ4n) is 11.1. The van der Waals surface area contributed by atoms with Gasteiger partial charge in [-0.15, -0.1) is 11.8 Å². The Morgan fingerprint density at radius 1 is 0.696 bits per heavy atom. The summed E-state index contributed by atoms with van der Waals surface area (Å²) in [6.07, 6.45) is 16.9. The molecule has 2 aromatic heterocycles. The Hall–Kier alpha value is -5.48. The van der Waals surface area contributed by atoms with Crippen LogP contribution in [0, 0.1) is 45.9 Å². The Balaban J connectivity index is 0.000000172. The first-order valence-corrected chi connectivity index (χ1v) is 26.4. The molecule has 1 unspecified atom stereocenters. The first kappa shape index (κ1) is 48.5. The number of ether oxygens (including phenoxy) is 2. The molecule has 69 heavy (non-hydrogen) atoms. The van der Waals surface area contributed by atoms with Gasteiger partial charge in [0.1, 0.15) is 17.6 Å². The number of fused-ring (bicyclic) bond motifs is 4. The number of aliphatic hydroxyl groups is 2. The molecule has 0 radical (unpaired) electrons. The highest BCUT2D eigenvalue weighted by molar-refractivity contribution is 7.98. The van der Waals surface area contributed by atoms with Crippen LogP contribution in [0.1, 0.15) is 98.2 Å². The van der Waals surface area contributed by atoms with E-state index >= 15 is 0 Å². The number of aliphatic hydroxyl groups excluding tert-OH is 2. The van der Waals surface area contributed by atoms with Crippen LogP contribution in [0.15, 0.2) is 108 Å². The van der Waals surface area contributed by atoms with Crippen LogP contribution in [-0.2, 0) is 23.6 Å². The van der Waals surface area contributed by atoms with E-state index in [4.69, 9.17) is 9.47 Å². The van der Waals surface area contributed by atoms with Gasteiger partial charge >= 0.3 is 0 Å². The van der Waals surface area contributed by atoms with E-state index in [9.17, 15) is 32.0 Å². The maximum Gasteiger partial charge on any atom is 0.165 e. The van der Waals surface area contributed by atoms with Crippen molar-refractivity contribution >= 4 is 34.7 Å². The lowest BCUT2D eigenvalue weighted by Gasteiger charge is -2.47. The molecular weight excluding hydrogens is 925 g/mol. The van der Waals surface area contributed by atoms with E-state index in [0.717, 1.165) is 85.3 Å². The maximum atomic E-state index is 14.3. The van der Waals surface area contributed by atoms with Gasteiger partial charge in [-0.3, -0.25) is 4.21 Å². The van der Waals surface area contributed by atoms with E-state index in [-0.39, 0.29) is 51.7 Å². The minimum absolute atomic E-state index is 0.0000160. The van der Waals surface area contributed by atoms with Gasteiger partial charge < -0.3 is 19.7 Å². The molecule has 10 rings (SSSR count). The largest absolute Gasteiger partial charge is 0.480 e. The van der Waals surface area contributed by atoms with Crippen molar-refractivity contribution in [1.82, 2.24) is 19.6 Å². The summed E-state index contributed by atoms with van der Waals surface area (Å²) in [6.45, 7) is 4.41. The lowest BCUT2D eigenvalue weighted by Crippen LogP contribution is -2.40. The molecule has 2 fully saturated rings. The van der Waals surface area contributed by atoms with Gasteiger partial charge in [-0.2, -0.15) is 10.2 Å². The molecule has 7 atom stereocenters. The minimum atomic E-state index is -1.23. The van der Waals surface area contributed by atoms with Gasteiger partial charge in [0.15, 0.2) is 29.1 Å². The van der Waals surface area contributed by atoms with Crippen molar-refractivity contribution in [3.05, 3.63) is 165 Å². The third kappa shape index (κ3) is 9.72. The van der Waals surface area contributed by atoms with E-state index in [1.165, 1.54) is 71.6 Å². The number of rotatable bonds is 12. The van der Waals surface area contributed by atoms with Crippen LogP contribution >= 0.6 is 11.8 Å². The number of allylic oxidation sites excluding steroid dienone is 2. The van der Waals surface area contributed by atoms with E-state index in [2.05, 4.69) is 36.2 Å².